The molecule has 0 spiro atoms. The molecule has 0 bridgehead atoms. The number of carbonyl (C=O) groups is 2. The molecule has 20 heavy (non-hydrogen) atoms. The highest BCUT2D eigenvalue weighted by Gasteiger charge is 2.28. The fraction of sp³-hybridized carbons (Fsp3) is 0.833. The van der Waals surface area contributed by atoms with Gasteiger partial charge in [0.25, 0.3) is 0 Å². The average Bonchev–Trinajstić information content (AvgIpc) is 2.34. The van der Waals surface area contributed by atoms with Gasteiger partial charge in [0, 0.05) is 25.0 Å². The Kier molecular flexibility index (Phi) is 5.94. The summed E-state index contributed by atoms with van der Waals surface area (Å²) in [7, 11) is -3.18. The van der Waals surface area contributed by atoms with Crippen LogP contribution in [0.3, 0.4) is 0 Å². The van der Waals surface area contributed by atoms with E-state index in [-0.39, 0.29) is 30.3 Å². The molecule has 8 heteroatoms. The Morgan fingerprint density at radius 3 is 2.25 bits per heavy atom. The number of piperidine rings is 1. The molecule has 2 N–H and O–H groups in total. The van der Waals surface area contributed by atoms with Gasteiger partial charge in [-0.05, 0) is 26.7 Å². The first-order valence-electron chi connectivity index (χ1n) is 6.72. The summed E-state index contributed by atoms with van der Waals surface area (Å²) >= 11 is 0. The molecule has 1 aliphatic rings. The lowest BCUT2D eigenvalue weighted by molar-refractivity contribution is -0.129. The van der Waals surface area contributed by atoms with Gasteiger partial charge in [-0.3, -0.25) is 9.59 Å². The first-order chi connectivity index (χ1) is 9.20. The van der Waals surface area contributed by atoms with Gasteiger partial charge in [0.2, 0.25) is 21.8 Å². The molecular weight excluding hydrogens is 282 g/mol. The van der Waals surface area contributed by atoms with Gasteiger partial charge in [0.05, 0.1) is 12.8 Å². The molecule has 0 aromatic heterocycles. The Hall–Kier alpha value is -1.15. The number of carbonyl (C=O) groups excluding carboxylic acids is 2. The molecule has 7 nitrogen and oxygen atoms in total. The van der Waals surface area contributed by atoms with Gasteiger partial charge >= 0.3 is 0 Å². The highest BCUT2D eigenvalue weighted by molar-refractivity contribution is 7.88. The SMILES string of the molecule is CC(C)NC(=O)CNC(=O)C1CCN(S(C)(=O)=O)CC1. The van der Waals surface area contributed by atoms with E-state index in [0.29, 0.717) is 25.9 Å². The molecule has 0 radical (unpaired) electrons. The zero-order chi connectivity index (χ0) is 15.3. The zero-order valence-corrected chi connectivity index (χ0v) is 13.0. The van der Waals surface area contributed by atoms with Crippen LogP contribution in [0.5, 0.6) is 0 Å². The van der Waals surface area contributed by atoms with Crippen LogP contribution >= 0.6 is 0 Å². The van der Waals surface area contributed by atoms with E-state index in [1.54, 1.807) is 0 Å². The summed E-state index contributed by atoms with van der Waals surface area (Å²) in [6.07, 6.45) is 2.15. The Morgan fingerprint density at radius 2 is 1.80 bits per heavy atom. The number of nitrogens with zero attached hydrogens (tertiary/aromatic N) is 1. The monoisotopic (exact) mass is 305 g/mol. The third-order valence-electron chi connectivity index (χ3n) is 3.17. The maximum absolute atomic E-state index is 11.9. The summed E-state index contributed by atoms with van der Waals surface area (Å²) in [5.74, 6) is -0.626. The van der Waals surface area contributed by atoms with E-state index >= 15 is 0 Å². The van der Waals surface area contributed by atoms with Gasteiger partial charge < -0.3 is 10.6 Å². The fourth-order valence-electron chi connectivity index (χ4n) is 2.13. The normalized spacial score (nSPS) is 18.0. The smallest absolute Gasteiger partial charge is 0.239 e. The molecule has 1 heterocycles. The van der Waals surface area contributed by atoms with Gasteiger partial charge in [-0.25, -0.2) is 12.7 Å². The van der Waals surface area contributed by atoms with Crippen molar-refractivity contribution in [3.63, 3.8) is 0 Å². The maximum Gasteiger partial charge on any atom is 0.239 e. The molecule has 0 saturated carbocycles. The second-order valence-electron chi connectivity index (χ2n) is 5.38. The van der Waals surface area contributed by atoms with Crippen molar-refractivity contribution in [2.75, 3.05) is 25.9 Å². The number of amides is 2. The van der Waals surface area contributed by atoms with Crippen LogP contribution in [0.25, 0.3) is 0 Å². The lowest BCUT2D eigenvalue weighted by Gasteiger charge is -2.29. The van der Waals surface area contributed by atoms with Crippen molar-refractivity contribution in [1.29, 1.82) is 0 Å². The van der Waals surface area contributed by atoms with E-state index in [1.807, 2.05) is 13.8 Å². The highest BCUT2D eigenvalue weighted by atomic mass is 32.2. The van der Waals surface area contributed by atoms with Crippen molar-refractivity contribution in [1.82, 2.24) is 14.9 Å². The Labute approximate surface area is 120 Å². The molecule has 0 unspecified atom stereocenters. The zero-order valence-electron chi connectivity index (χ0n) is 12.2. The Morgan fingerprint density at radius 1 is 1.25 bits per heavy atom. The minimum atomic E-state index is -3.18. The van der Waals surface area contributed by atoms with Crippen molar-refractivity contribution in [3.05, 3.63) is 0 Å². The van der Waals surface area contributed by atoms with Crippen LogP contribution in [-0.4, -0.2) is 56.5 Å². The van der Waals surface area contributed by atoms with Gasteiger partial charge in [-0.15, -0.1) is 0 Å². The van der Waals surface area contributed by atoms with Gasteiger partial charge in [0.15, 0.2) is 0 Å². The molecule has 0 aromatic rings. The van der Waals surface area contributed by atoms with E-state index < -0.39 is 10.0 Å². The first-order valence-corrected chi connectivity index (χ1v) is 8.57. The van der Waals surface area contributed by atoms with E-state index in [0.717, 1.165) is 0 Å². The summed E-state index contributed by atoms with van der Waals surface area (Å²) in [5, 5.41) is 5.28. The fourth-order valence-corrected chi connectivity index (χ4v) is 3.01. The number of nitrogens with one attached hydrogen (secondary N) is 2. The van der Waals surface area contributed by atoms with Gasteiger partial charge in [-0.2, -0.15) is 0 Å². The summed E-state index contributed by atoms with van der Waals surface area (Å²) in [6.45, 7) is 4.37. The molecule has 0 atom stereocenters. The molecule has 1 fully saturated rings. The highest BCUT2D eigenvalue weighted by Crippen LogP contribution is 2.19. The van der Waals surface area contributed by atoms with Crippen molar-refractivity contribution in [3.8, 4) is 0 Å². The van der Waals surface area contributed by atoms with E-state index in [2.05, 4.69) is 10.6 Å². The Balaban J connectivity index is 2.35. The maximum atomic E-state index is 11.9. The van der Waals surface area contributed by atoms with Crippen LogP contribution in [0.2, 0.25) is 0 Å². The minimum Gasteiger partial charge on any atom is -0.352 e. The molecule has 0 aliphatic carbocycles. The van der Waals surface area contributed by atoms with Gasteiger partial charge in [0.1, 0.15) is 0 Å². The molecule has 2 amide bonds. The lowest BCUT2D eigenvalue weighted by atomic mass is 9.97. The second kappa shape index (κ2) is 7.03. The summed E-state index contributed by atoms with van der Waals surface area (Å²) in [6, 6.07) is 0.0393. The van der Waals surface area contributed by atoms with Crippen LogP contribution in [0.1, 0.15) is 26.7 Å². The third kappa shape index (κ3) is 5.46. The molecule has 116 valence electrons. The number of rotatable bonds is 5. The Bertz CT molecular complexity index is 453. The number of hydrogen-bond acceptors (Lipinski definition) is 4. The molecule has 1 rings (SSSR count). The van der Waals surface area contributed by atoms with Crippen LogP contribution in [0, 0.1) is 5.92 Å². The van der Waals surface area contributed by atoms with Crippen LogP contribution in [0.4, 0.5) is 0 Å². The predicted octanol–water partition coefficient (Wildman–Crippen LogP) is -0.701. The van der Waals surface area contributed by atoms with Crippen molar-refractivity contribution in [2.45, 2.75) is 32.7 Å². The topological polar surface area (TPSA) is 95.6 Å². The quantitative estimate of drug-likeness (QED) is 0.702. The van der Waals surface area contributed by atoms with E-state index in [9.17, 15) is 18.0 Å². The van der Waals surface area contributed by atoms with Crippen LogP contribution in [0.15, 0.2) is 0 Å². The number of sulfonamides is 1. The molecular formula is C12H23N3O4S. The third-order valence-corrected chi connectivity index (χ3v) is 4.47. The average molecular weight is 305 g/mol. The predicted molar refractivity (Wildman–Crippen MR) is 75.4 cm³/mol. The van der Waals surface area contributed by atoms with Crippen LogP contribution < -0.4 is 10.6 Å². The summed E-state index contributed by atoms with van der Waals surface area (Å²) in [5.41, 5.74) is 0. The molecule has 0 aromatic carbocycles. The molecule has 1 aliphatic heterocycles. The van der Waals surface area contributed by atoms with Crippen LogP contribution in [-0.2, 0) is 19.6 Å². The summed E-state index contributed by atoms with van der Waals surface area (Å²) in [4.78, 5) is 23.3. The summed E-state index contributed by atoms with van der Waals surface area (Å²) < 4.78 is 24.1. The van der Waals surface area contributed by atoms with E-state index in [1.165, 1.54) is 10.6 Å². The second-order valence-corrected chi connectivity index (χ2v) is 7.36. The van der Waals surface area contributed by atoms with Gasteiger partial charge in [-0.1, -0.05) is 0 Å². The van der Waals surface area contributed by atoms with E-state index in [4.69, 9.17) is 0 Å². The van der Waals surface area contributed by atoms with Crippen molar-refractivity contribution < 1.29 is 18.0 Å². The van der Waals surface area contributed by atoms with Crippen molar-refractivity contribution in [2.24, 2.45) is 5.92 Å². The minimum absolute atomic E-state index is 0.0384. The standard InChI is InChI=1S/C12H23N3O4S/c1-9(2)14-11(16)8-13-12(17)10-4-6-15(7-5-10)20(3,18)19/h9-10H,4-8H2,1-3H3,(H,13,17)(H,14,16). The lowest BCUT2D eigenvalue weighted by Crippen LogP contribution is -2.45. The molecule has 1 saturated heterocycles. The number of hydrogen-bond donors (Lipinski definition) is 2. The van der Waals surface area contributed by atoms with Crippen molar-refractivity contribution >= 4 is 21.8 Å². The largest absolute Gasteiger partial charge is 0.352 e. The first kappa shape index (κ1) is 16.9.